The van der Waals surface area contributed by atoms with Gasteiger partial charge in [-0.2, -0.15) is 0 Å². The first-order chi connectivity index (χ1) is 49.0. The highest BCUT2D eigenvalue weighted by Crippen LogP contribution is 2.50. The quantitative estimate of drug-likeness (QED) is 0.0142. The van der Waals surface area contributed by atoms with Gasteiger partial charge in [0.15, 0.2) is 0 Å². The molecule has 102 heavy (non-hydrogen) atoms. The standard InChI is InChI=1S/C77H96N10O12S3/c1-49(102-77(55-30-16-9-17-31-55,56-32-18-10-19-33-56)57-34-20-11-21-35-57)39-41-78-61(42-52-26-12-7-13-27-52)69(92)85-65-47-100-101-48-66(73(96)84-64(46-88)50(2)89)86-74(97)67(51(3)90)87-68(91)60(38-24-25-40-79-75(98)99-76(4,5)6)81-71(94)63(44-54-45-80-59-37-23-22-36-58(54)59)83-70(93)62(82-72(65)95)43-53-28-14-8-15-29-53/h7-23,26-37,45,49-51,60-67,78,80,88-90H,24-25,38-44,46-48H2,1-6H3,(H,79,98)(H,81,94)(H,82,95)(H,83,93)(H,84,96)(H,85,92)(H,86,97)(H,87,91)/t49?,50-,51-,60+,61-,62+,63-,64-,65+,66+,67+/m1/s1. The Morgan fingerprint density at radius 3 is 1.72 bits per heavy atom. The Morgan fingerprint density at radius 2 is 1.14 bits per heavy atom. The molecule has 0 bridgehead atoms. The normalized spacial score (nSPS) is 20.0. The minimum atomic E-state index is -1.75. The molecule has 7 aromatic rings. The lowest BCUT2D eigenvalue weighted by Crippen LogP contribution is -2.62. The van der Waals surface area contributed by atoms with E-state index in [4.69, 9.17) is 4.74 Å². The number of amides is 8. The summed E-state index contributed by atoms with van der Waals surface area (Å²) in [4.78, 5) is 121. The number of carbonyl (C=O) groups excluding carboxylic acids is 8. The van der Waals surface area contributed by atoms with Crippen molar-refractivity contribution < 1.29 is 58.4 Å². The number of aromatic nitrogens is 1. The van der Waals surface area contributed by atoms with Crippen LogP contribution >= 0.6 is 33.3 Å². The third-order valence-electron chi connectivity index (χ3n) is 17.3. The number of hydrogen-bond donors (Lipinski definition) is 13. The van der Waals surface area contributed by atoms with Crippen LogP contribution in [0.3, 0.4) is 0 Å². The number of aliphatic hydroxyl groups is 3. The molecule has 0 radical (unpaired) electrons. The number of nitrogens with one attached hydrogen (secondary N) is 10. The Morgan fingerprint density at radius 1 is 0.608 bits per heavy atom. The zero-order valence-electron chi connectivity index (χ0n) is 58.4. The number of aliphatic hydroxyl groups excluding tert-OH is 3. The molecule has 1 aliphatic heterocycles. The number of alkyl carbamates (subject to hydrolysis) is 1. The van der Waals surface area contributed by atoms with Gasteiger partial charge >= 0.3 is 6.09 Å². The number of fused-ring (bicyclic) bond motifs is 1. The van der Waals surface area contributed by atoms with Gasteiger partial charge in [-0.15, -0.1) is 11.8 Å². The van der Waals surface area contributed by atoms with Crippen LogP contribution in [0.25, 0.3) is 10.9 Å². The predicted octanol–water partition coefficient (Wildman–Crippen LogP) is 6.90. The minimum Gasteiger partial charge on any atom is -0.444 e. The molecule has 1 aliphatic rings. The molecule has 544 valence electrons. The van der Waals surface area contributed by atoms with Crippen LogP contribution in [0.5, 0.6) is 0 Å². The first kappa shape index (κ1) is 79.0. The van der Waals surface area contributed by atoms with Crippen molar-refractivity contribution in [3.05, 3.63) is 216 Å². The molecule has 11 atom stereocenters. The van der Waals surface area contributed by atoms with Gasteiger partial charge in [-0.05, 0) is 113 Å². The fraction of sp³-hybridized carbons (Fsp3) is 0.403. The third-order valence-corrected chi connectivity index (χ3v) is 21.4. The van der Waals surface area contributed by atoms with Crippen LogP contribution in [0.4, 0.5) is 4.79 Å². The largest absolute Gasteiger partial charge is 0.444 e. The van der Waals surface area contributed by atoms with Crippen molar-refractivity contribution in [2.24, 2.45) is 0 Å². The number of aromatic amines is 1. The van der Waals surface area contributed by atoms with Gasteiger partial charge in [-0.1, -0.05) is 198 Å². The summed E-state index contributed by atoms with van der Waals surface area (Å²) >= 11 is 1.81. The summed E-state index contributed by atoms with van der Waals surface area (Å²) in [5, 5.41) is 58.4. The molecule has 0 spiro atoms. The second-order valence-corrected chi connectivity index (χ2v) is 30.7. The van der Waals surface area contributed by atoms with Crippen LogP contribution in [0.15, 0.2) is 182 Å². The van der Waals surface area contributed by atoms with Gasteiger partial charge in [0, 0.05) is 53.2 Å². The summed E-state index contributed by atoms with van der Waals surface area (Å²) in [7, 11) is 2.09. The Bertz CT molecular complexity index is 3740. The van der Waals surface area contributed by atoms with E-state index in [1.54, 1.807) is 57.3 Å². The lowest BCUT2D eigenvalue weighted by molar-refractivity contribution is -0.136. The van der Waals surface area contributed by atoms with E-state index in [9.17, 15) is 34.5 Å². The van der Waals surface area contributed by atoms with Gasteiger partial charge in [0.25, 0.3) is 0 Å². The zero-order valence-corrected chi connectivity index (χ0v) is 60.8. The van der Waals surface area contributed by atoms with Crippen molar-refractivity contribution in [3.8, 4) is 0 Å². The summed E-state index contributed by atoms with van der Waals surface area (Å²) in [5.41, 5.74) is 5.37. The van der Waals surface area contributed by atoms with Crippen LogP contribution < -0.4 is 47.9 Å². The molecular formula is C77H96N10O12S3. The van der Waals surface area contributed by atoms with Crippen molar-refractivity contribution in [1.82, 2.24) is 52.8 Å². The number of para-hydroxylation sites is 1. The SMILES string of the molecule is CC(CCN[C@H](Cc1ccccc1)C(=O)N[C@H]1CSSC[C@@H](C(=O)N[C@H](CO)[C@@H](C)O)NC(=O)[C@H]([C@@H](C)O)NC(=O)[C@H](CCCCNC(=O)OC(C)(C)C)NC(=O)[C@@H](Cc2c[nH]c3ccccc23)NC(=O)[C@H](Cc2ccccc2)NC1=O)SC(c1ccccc1)(c1ccccc1)c1ccccc1. The van der Waals surface area contributed by atoms with Crippen LogP contribution in [0.2, 0.25) is 0 Å². The van der Waals surface area contributed by atoms with E-state index in [-0.39, 0.29) is 61.8 Å². The average molecular weight is 1450 g/mol. The van der Waals surface area contributed by atoms with E-state index in [2.05, 4.69) is 96.2 Å². The van der Waals surface area contributed by atoms with Gasteiger partial charge in [-0.3, -0.25) is 33.6 Å². The Balaban J connectivity index is 1.14. The highest BCUT2D eigenvalue weighted by molar-refractivity contribution is 8.76. The first-order valence-corrected chi connectivity index (χ1v) is 37.9. The number of H-pyrrole nitrogens is 1. The van der Waals surface area contributed by atoms with E-state index < -0.39 is 125 Å². The average Bonchev–Trinajstić information content (AvgIpc) is 0.891. The molecule has 8 rings (SSSR count). The van der Waals surface area contributed by atoms with E-state index in [0.29, 0.717) is 24.1 Å². The number of ether oxygens (including phenoxy) is 1. The summed E-state index contributed by atoms with van der Waals surface area (Å²) in [6.07, 6.45) is -0.809. The summed E-state index contributed by atoms with van der Waals surface area (Å²) in [6.45, 7) is 9.75. The van der Waals surface area contributed by atoms with E-state index in [1.165, 1.54) is 13.8 Å². The van der Waals surface area contributed by atoms with Gasteiger partial charge in [0.2, 0.25) is 41.4 Å². The lowest BCUT2D eigenvalue weighted by Gasteiger charge is -2.37. The number of rotatable bonds is 27. The lowest BCUT2D eigenvalue weighted by atomic mass is 9.84. The monoisotopic (exact) mass is 1450 g/mol. The summed E-state index contributed by atoms with van der Waals surface area (Å²) in [5.74, 6) is -6.15. The number of unbranched alkanes of at least 4 members (excludes halogenated alkanes) is 1. The van der Waals surface area contributed by atoms with E-state index in [0.717, 1.165) is 54.7 Å². The van der Waals surface area contributed by atoms with Crippen LogP contribution in [0, 0.1) is 0 Å². The van der Waals surface area contributed by atoms with E-state index in [1.807, 2.05) is 121 Å². The topological polar surface area (TPSA) is 331 Å². The molecule has 1 fully saturated rings. The van der Waals surface area contributed by atoms with Crippen LogP contribution in [0.1, 0.15) is 101 Å². The molecule has 0 saturated carbocycles. The maximum atomic E-state index is 15.4. The third kappa shape index (κ3) is 23.4. The van der Waals surface area contributed by atoms with Gasteiger partial charge in [-0.25, -0.2) is 4.79 Å². The molecule has 0 aliphatic carbocycles. The zero-order chi connectivity index (χ0) is 73.2. The Hall–Kier alpha value is -8.69. The van der Waals surface area contributed by atoms with Crippen molar-refractivity contribution in [3.63, 3.8) is 0 Å². The van der Waals surface area contributed by atoms with Crippen molar-refractivity contribution >= 4 is 91.7 Å². The van der Waals surface area contributed by atoms with Gasteiger partial charge in [0.05, 0.1) is 35.6 Å². The second kappa shape index (κ2) is 39.1. The number of thioether (sulfide) groups is 1. The number of hydrogen-bond acceptors (Lipinski definition) is 16. The molecule has 25 heteroatoms. The maximum absolute atomic E-state index is 15.4. The van der Waals surface area contributed by atoms with Crippen LogP contribution in [-0.4, -0.2) is 170 Å². The van der Waals surface area contributed by atoms with Crippen molar-refractivity contribution in [2.75, 3.05) is 31.2 Å². The minimum absolute atomic E-state index is 0.00398. The molecule has 22 nitrogen and oxygen atoms in total. The first-order valence-electron chi connectivity index (χ1n) is 34.5. The molecule has 1 aromatic heterocycles. The van der Waals surface area contributed by atoms with Gasteiger partial charge < -0.3 is 72.9 Å². The Labute approximate surface area is 608 Å². The fourth-order valence-electron chi connectivity index (χ4n) is 11.9. The molecule has 1 unspecified atom stereocenters. The molecule has 6 aromatic carbocycles. The number of carbonyl (C=O) groups is 8. The maximum Gasteiger partial charge on any atom is 0.407 e. The van der Waals surface area contributed by atoms with E-state index >= 15 is 19.2 Å². The second-order valence-electron chi connectivity index (χ2n) is 26.5. The molecule has 13 N–H and O–H groups in total. The molecule has 1 saturated heterocycles. The van der Waals surface area contributed by atoms with Crippen molar-refractivity contribution in [1.29, 1.82) is 0 Å². The smallest absolute Gasteiger partial charge is 0.407 e. The van der Waals surface area contributed by atoms with Crippen LogP contribution in [-0.2, 0) is 62.3 Å². The number of benzene rings is 6. The summed E-state index contributed by atoms with van der Waals surface area (Å²) in [6, 6.07) is 45.9. The molecule has 2 heterocycles. The predicted molar refractivity (Wildman–Crippen MR) is 402 cm³/mol. The highest BCUT2D eigenvalue weighted by Gasteiger charge is 2.40. The summed E-state index contributed by atoms with van der Waals surface area (Å²) < 4.78 is 4.77. The van der Waals surface area contributed by atoms with Crippen molar-refractivity contribution in [2.45, 2.75) is 163 Å². The fourth-order valence-corrected chi connectivity index (χ4v) is 15.9. The Kier molecular flexibility index (Phi) is 30.3. The molecule has 8 amide bonds. The van der Waals surface area contributed by atoms with Gasteiger partial charge in [0.1, 0.15) is 41.9 Å². The highest BCUT2D eigenvalue weighted by atomic mass is 33.1. The molecular weight excluding hydrogens is 1350 g/mol.